The molecule has 1 aliphatic rings. The molecule has 0 radical (unpaired) electrons. The van der Waals surface area contributed by atoms with Crippen LogP contribution in [0.5, 0.6) is 0 Å². The van der Waals surface area contributed by atoms with Crippen LogP contribution < -0.4 is 10.6 Å². The molecule has 4 N–H and O–H groups in total. The minimum atomic E-state index is 0.00799. The van der Waals surface area contributed by atoms with Crippen molar-refractivity contribution < 1.29 is 4.79 Å². The highest BCUT2D eigenvalue weighted by Crippen LogP contribution is 2.31. The third-order valence-corrected chi connectivity index (χ3v) is 5.00. The molecule has 0 fully saturated rings. The number of aryl methyl sites for hydroxylation is 1. The van der Waals surface area contributed by atoms with Crippen LogP contribution in [-0.4, -0.2) is 34.2 Å². The van der Waals surface area contributed by atoms with Gasteiger partial charge in [-0.2, -0.15) is 5.10 Å². The molecular formula is C20H25N5O. The maximum absolute atomic E-state index is 10.9. The summed E-state index contributed by atoms with van der Waals surface area (Å²) in [4.78, 5) is 14.4. The van der Waals surface area contributed by atoms with Gasteiger partial charge in [-0.3, -0.25) is 9.89 Å². The molecule has 2 aromatic heterocycles. The summed E-state index contributed by atoms with van der Waals surface area (Å²) < 4.78 is 0. The highest BCUT2D eigenvalue weighted by atomic mass is 16.1. The van der Waals surface area contributed by atoms with E-state index in [1.165, 1.54) is 42.0 Å². The average molecular weight is 351 g/mol. The number of aromatic nitrogens is 3. The Kier molecular flexibility index (Phi) is 4.75. The number of amides is 1. The predicted octanol–water partition coefficient (Wildman–Crippen LogP) is 2.66. The highest BCUT2D eigenvalue weighted by Gasteiger charge is 2.19. The molecule has 26 heavy (non-hydrogen) atoms. The Morgan fingerprint density at radius 3 is 2.96 bits per heavy atom. The number of nitrogens with zero attached hydrogens (tertiary/aromatic N) is 1. The zero-order valence-corrected chi connectivity index (χ0v) is 15.1. The second-order valence-electron chi connectivity index (χ2n) is 7.00. The first-order valence-electron chi connectivity index (χ1n) is 9.34. The zero-order chi connectivity index (χ0) is 17.9. The molecular weight excluding hydrogens is 326 g/mol. The van der Waals surface area contributed by atoms with E-state index in [-0.39, 0.29) is 5.91 Å². The lowest BCUT2D eigenvalue weighted by atomic mass is 9.95. The molecule has 2 heterocycles. The van der Waals surface area contributed by atoms with Crippen molar-refractivity contribution in [3.63, 3.8) is 0 Å². The van der Waals surface area contributed by atoms with E-state index in [0.29, 0.717) is 6.54 Å². The molecule has 1 aromatic carbocycles. The Morgan fingerprint density at radius 1 is 1.19 bits per heavy atom. The fraction of sp³-hybridized carbons (Fsp3) is 0.400. The van der Waals surface area contributed by atoms with Gasteiger partial charge in [-0.25, -0.2) is 0 Å². The van der Waals surface area contributed by atoms with Gasteiger partial charge in [-0.1, -0.05) is 6.07 Å². The van der Waals surface area contributed by atoms with Crippen LogP contribution >= 0.6 is 0 Å². The monoisotopic (exact) mass is 351 g/mol. The second kappa shape index (κ2) is 7.33. The maximum atomic E-state index is 10.9. The van der Waals surface area contributed by atoms with Gasteiger partial charge < -0.3 is 15.6 Å². The van der Waals surface area contributed by atoms with Gasteiger partial charge in [0.25, 0.3) is 0 Å². The van der Waals surface area contributed by atoms with E-state index < -0.39 is 0 Å². The van der Waals surface area contributed by atoms with Crippen LogP contribution in [0.15, 0.2) is 24.3 Å². The molecule has 0 bridgehead atoms. The molecule has 0 aliphatic heterocycles. The molecule has 0 spiro atoms. The van der Waals surface area contributed by atoms with Crippen molar-refractivity contribution in [2.24, 2.45) is 0 Å². The van der Waals surface area contributed by atoms with Gasteiger partial charge in [-0.15, -0.1) is 0 Å². The molecule has 0 saturated carbocycles. The minimum absolute atomic E-state index is 0.00799. The number of H-pyrrole nitrogens is 2. The first-order chi connectivity index (χ1) is 12.7. The van der Waals surface area contributed by atoms with Gasteiger partial charge in [-0.05, 0) is 49.4 Å². The van der Waals surface area contributed by atoms with Crippen molar-refractivity contribution in [1.82, 2.24) is 25.8 Å². The number of rotatable bonds is 6. The van der Waals surface area contributed by atoms with E-state index in [9.17, 15) is 4.79 Å². The maximum Gasteiger partial charge on any atom is 0.216 e. The molecule has 0 unspecified atom stereocenters. The van der Waals surface area contributed by atoms with Gasteiger partial charge >= 0.3 is 0 Å². The standard InChI is InChI=1S/C20H25N5O/c1-13(26)22-9-8-21-12-14-6-7-17-15(10-14)11-19(23-17)20-16-4-2-3-5-18(16)24-25-20/h6-7,10-11,21,23H,2-5,8-9,12H2,1H3,(H,22,26)(H,24,25). The zero-order valence-electron chi connectivity index (χ0n) is 15.1. The van der Waals surface area contributed by atoms with E-state index in [0.717, 1.165) is 42.8 Å². The molecule has 136 valence electrons. The van der Waals surface area contributed by atoms with Crippen molar-refractivity contribution in [3.05, 3.63) is 41.1 Å². The van der Waals surface area contributed by atoms with Crippen molar-refractivity contribution in [2.75, 3.05) is 13.1 Å². The van der Waals surface area contributed by atoms with E-state index in [1.54, 1.807) is 0 Å². The molecule has 3 aromatic rings. The molecule has 1 aliphatic carbocycles. The molecule has 1 amide bonds. The second-order valence-corrected chi connectivity index (χ2v) is 7.00. The van der Waals surface area contributed by atoms with E-state index in [4.69, 9.17) is 0 Å². The van der Waals surface area contributed by atoms with Gasteiger partial charge in [0.2, 0.25) is 5.91 Å². The number of benzene rings is 1. The Morgan fingerprint density at radius 2 is 2.08 bits per heavy atom. The minimum Gasteiger partial charge on any atom is -0.355 e. The molecule has 6 heteroatoms. The highest BCUT2D eigenvalue weighted by molar-refractivity contribution is 5.86. The summed E-state index contributed by atoms with van der Waals surface area (Å²) in [6.45, 7) is 3.73. The summed E-state index contributed by atoms with van der Waals surface area (Å²) in [5.74, 6) is 0.00799. The fourth-order valence-electron chi connectivity index (χ4n) is 3.68. The third-order valence-electron chi connectivity index (χ3n) is 5.00. The lowest BCUT2D eigenvalue weighted by Gasteiger charge is -2.10. The van der Waals surface area contributed by atoms with E-state index in [1.807, 2.05) is 0 Å². The normalized spacial score (nSPS) is 13.7. The van der Waals surface area contributed by atoms with Crippen LogP contribution in [0.25, 0.3) is 22.3 Å². The van der Waals surface area contributed by atoms with Crippen LogP contribution in [0.2, 0.25) is 0 Å². The summed E-state index contributed by atoms with van der Waals surface area (Å²) in [5.41, 5.74) is 7.21. The van der Waals surface area contributed by atoms with Gasteiger partial charge in [0.1, 0.15) is 5.69 Å². The van der Waals surface area contributed by atoms with Crippen LogP contribution in [0.3, 0.4) is 0 Å². The molecule has 4 rings (SSSR count). The van der Waals surface area contributed by atoms with Crippen molar-refractivity contribution in [3.8, 4) is 11.4 Å². The van der Waals surface area contributed by atoms with Gasteiger partial charge in [0.05, 0.1) is 5.69 Å². The summed E-state index contributed by atoms with van der Waals surface area (Å²) in [7, 11) is 0. The van der Waals surface area contributed by atoms with Crippen LogP contribution in [0.4, 0.5) is 0 Å². The Bertz CT molecular complexity index is 924. The quantitative estimate of drug-likeness (QED) is 0.515. The number of hydrogen-bond acceptors (Lipinski definition) is 3. The van der Waals surface area contributed by atoms with Gasteiger partial charge in [0.15, 0.2) is 0 Å². The number of carbonyl (C=O) groups excluding carboxylic acids is 1. The smallest absolute Gasteiger partial charge is 0.216 e. The summed E-state index contributed by atoms with van der Waals surface area (Å²) in [6, 6.07) is 8.66. The van der Waals surface area contributed by atoms with Gasteiger partial charge in [0, 0.05) is 48.7 Å². The summed E-state index contributed by atoms with van der Waals surface area (Å²) >= 11 is 0. The average Bonchev–Trinajstić information content (AvgIpc) is 3.24. The SMILES string of the molecule is CC(=O)NCCNCc1ccc2[nH]c(-c3n[nH]c4c3CCCC4)cc2c1. The number of carbonyl (C=O) groups is 1. The first-order valence-corrected chi connectivity index (χ1v) is 9.34. The van der Waals surface area contributed by atoms with Crippen LogP contribution in [0, 0.1) is 0 Å². The first kappa shape index (κ1) is 16.8. The largest absolute Gasteiger partial charge is 0.355 e. The Balaban J connectivity index is 1.48. The number of fused-ring (bicyclic) bond motifs is 2. The predicted molar refractivity (Wildman–Crippen MR) is 103 cm³/mol. The summed E-state index contributed by atoms with van der Waals surface area (Å²) in [5, 5.41) is 15.1. The topological polar surface area (TPSA) is 85.6 Å². The number of nitrogens with one attached hydrogen (secondary N) is 4. The lowest BCUT2D eigenvalue weighted by Crippen LogP contribution is -2.29. The molecule has 6 nitrogen and oxygen atoms in total. The Labute approximate surface area is 152 Å². The van der Waals surface area contributed by atoms with Crippen molar-refractivity contribution in [1.29, 1.82) is 0 Å². The Hall–Kier alpha value is -2.60. The third kappa shape index (κ3) is 3.51. The van der Waals surface area contributed by atoms with Crippen LogP contribution in [-0.2, 0) is 24.2 Å². The van der Waals surface area contributed by atoms with Crippen molar-refractivity contribution >= 4 is 16.8 Å². The molecule has 0 saturated heterocycles. The summed E-state index contributed by atoms with van der Waals surface area (Å²) in [6.07, 6.45) is 4.71. The van der Waals surface area contributed by atoms with E-state index >= 15 is 0 Å². The van der Waals surface area contributed by atoms with E-state index in [2.05, 4.69) is 50.1 Å². The molecule has 0 atom stereocenters. The number of hydrogen-bond donors (Lipinski definition) is 4. The fourth-order valence-corrected chi connectivity index (χ4v) is 3.68. The number of aromatic amines is 2. The van der Waals surface area contributed by atoms with Crippen LogP contribution in [0.1, 0.15) is 36.6 Å². The van der Waals surface area contributed by atoms with Crippen molar-refractivity contribution in [2.45, 2.75) is 39.2 Å². The lowest BCUT2D eigenvalue weighted by molar-refractivity contribution is -0.118.